The fourth-order valence-corrected chi connectivity index (χ4v) is 1.60. The van der Waals surface area contributed by atoms with Gasteiger partial charge in [-0.2, -0.15) is 0 Å². The second kappa shape index (κ2) is 4.49. The zero-order valence-electron chi connectivity index (χ0n) is 10.1. The van der Waals surface area contributed by atoms with Crippen molar-refractivity contribution in [1.82, 2.24) is 10.4 Å². The van der Waals surface area contributed by atoms with Crippen LogP contribution in [0.4, 0.5) is 0 Å². The van der Waals surface area contributed by atoms with Crippen LogP contribution in [0.2, 0.25) is 0 Å². The smallest absolute Gasteiger partial charge is 0.238 e. The number of aliphatic hydroxyl groups excluding tert-OH is 1. The van der Waals surface area contributed by atoms with E-state index in [0.717, 1.165) is 0 Å². The number of carbonyl (C=O) groups is 1. The van der Waals surface area contributed by atoms with Crippen LogP contribution < -0.4 is 5.43 Å². The lowest BCUT2D eigenvalue weighted by Gasteiger charge is -2.27. The van der Waals surface area contributed by atoms with E-state index in [9.17, 15) is 4.79 Å². The van der Waals surface area contributed by atoms with E-state index in [0.29, 0.717) is 19.4 Å². The summed E-state index contributed by atoms with van der Waals surface area (Å²) in [4.78, 5) is 11.6. The van der Waals surface area contributed by atoms with Gasteiger partial charge in [-0.05, 0) is 18.8 Å². The Bertz CT molecular complexity index is 233. The largest absolute Gasteiger partial charge is 0.393 e. The summed E-state index contributed by atoms with van der Waals surface area (Å²) in [5.41, 5.74) is 3.30. The minimum atomic E-state index is -0.353. The number of nitrogens with zero attached hydrogens (tertiary/aromatic N) is 1. The molecule has 0 aromatic rings. The van der Waals surface area contributed by atoms with Crippen LogP contribution in [0.25, 0.3) is 0 Å². The maximum absolute atomic E-state index is 11.6. The fourth-order valence-electron chi connectivity index (χ4n) is 1.60. The van der Waals surface area contributed by atoms with Crippen molar-refractivity contribution >= 4 is 5.91 Å². The van der Waals surface area contributed by atoms with E-state index in [1.807, 2.05) is 0 Å². The van der Waals surface area contributed by atoms with Gasteiger partial charge in [0.25, 0.3) is 0 Å². The van der Waals surface area contributed by atoms with E-state index in [1.165, 1.54) is 0 Å². The number of hydrazine groups is 1. The van der Waals surface area contributed by atoms with Gasteiger partial charge in [-0.1, -0.05) is 20.8 Å². The Morgan fingerprint density at radius 1 is 1.60 bits per heavy atom. The van der Waals surface area contributed by atoms with E-state index in [4.69, 9.17) is 5.11 Å². The first-order chi connectivity index (χ1) is 6.80. The predicted octanol–water partition coefficient (Wildman–Crippen LogP) is 0.909. The Balaban J connectivity index is 2.46. The van der Waals surface area contributed by atoms with Crippen LogP contribution in [0.15, 0.2) is 0 Å². The lowest BCUT2D eigenvalue weighted by atomic mass is 9.86. The summed E-state index contributed by atoms with van der Waals surface area (Å²) in [5.74, 6) is 0.135. The van der Waals surface area contributed by atoms with Crippen LogP contribution in [0, 0.1) is 5.41 Å². The Kier molecular flexibility index (Phi) is 3.73. The number of nitrogens with one attached hydrogen (secondary N) is 1. The first-order valence-electron chi connectivity index (χ1n) is 5.55. The van der Waals surface area contributed by atoms with Crippen LogP contribution in [0.5, 0.6) is 0 Å². The van der Waals surface area contributed by atoms with Gasteiger partial charge in [0.1, 0.15) is 0 Å². The van der Waals surface area contributed by atoms with Gasteiger partial charge in [0.15, 0.2) is 0 Å². The van der Waals surface area contributed by atoms with Gasteiger partial charge < -0.3 is 5.11 Å². The summed E-state index contributed by atoms with van der Waals surface area (Å²) >= 11 is 0. The van der Waals surface area contributed by atoms with Crippen molar-refractivity contribution in [3.05, 3.63) is 0 Å². The molecule has 1 rings (SSSR count). The molecule has 1 heterocycles. The molecule has 0 bridgehead atoms. The molecule has 0 aromatic carbocycles. The first-order valence-corrected chi connectivity index (χ1v) is 5.55. The number of hydrogen-bond acceptors (Lipinski definition) is 3. The summed E-state index contributed by atoms with van der Waals surface area (Å²) in [5, 5.41) is 10.8. The van der Waals surface area contributed by atoms with Crippen LogP contribution in [-0.2, 0) is 4.79 Å². The quantitative estimate of drug-likeness (QED) is 0.734. The van der Waals surface area contributed by atoms with Gasteiger partial charge in [0, 0.05) is 19.0 Å². The van der Waals surface area contributed by atoms with Crippen molar-refractivity contribution < 1.29 is 9.90 Å². The molecule has 1 aliphatic rings. The van der Waals surface area contributed by atoms with Crippen LogP contribution in [0.1, 0.15) is 40.5 Å². The Morgan fingerprint density at radius 3 is 2.60 bits per heavy atom. The summed E-state index contributed by atoms with van der Waals surface area (Å²) in [6, 6.07) is 0.207. The van der Waals surface area contributed by atoms with E-state index in [1.54, 1.807) is 11.9 Å². The summed E-state index contributed by atoms with van der Waals surface area (Å²) in [6.07, 6.45) is 0.826. The third kappa shape index (κ3) is 3.47. The number of rotatable bonds is 3. The maximum Gasteiger partial charge on any atom is 0.238 e. The SMILES string of the molecule is CC(O)CCN1NC(C(C)(C)C)CC1=O. The molecule has 2 N–H and O–H groups in total. The predicted molar refractivity (Wildman–Crippen MR) is 59.0 cm³/mol. The second-order valence-electron chi connectivity index (χ2n) is 5.43. The molecular formula is C11H22N2O2. The van der Waals surface area contributed by atoms with Crippen LogP contribution in [0.3, 0.4) is 0 Å². The molecule has 0 aliphatic carbocycles. The molecule has 15 heavy (non-hydrogen) atoms. The topological polar surface area (TPSA) is 52.6 Å². The van der Waals surface area contributed by atoms with Crippen molar-refractivity contribution in [2.75, 3.05) is 6.54 Å². The fraction of sp³-hybridized carbons (Fsp3) is 0.909. The molecule has 1 fully saturated rings. The second-order valence-corrected chi connectivity index (χ2v) is 5.43. The summed E-state index contributed by atoms with van der Waals surface area (Å²) < 4.78 is 0. The molecule has 2 unspecified atom stereocenters. The van der Waals surface area contributed by atoms with Crippen molar-refractivity contribution in [2.45, 2.75) is 52.7 Å². The average Bonchev–Trinajstić information content (AvgIpc) is 2.42. The van der Waals surface area contributed by atoms with Crippen molar-refractivity contribution in [3.8, 4) is 0 Å². The molecule has 2 atom stereocenters. The Labute approximate surface area is 91.6 Å². The lowest BCUT2D eigenvalue weighted by Crippen LogP contribution is -2.43. The highest BCUT2D eigenvalue weighted by Gasteiger charge is 2.36. The average molecular weight is 214 g/mol. The highest BCUT2D eigenvalue weighted by molar-refractivity contribution is 5.78. The number of aliphatic hydroxyl groups is 1. The van der Waals surface area contributed by atoms with Crippen LogP contribution >= 0.6 is 0 Å². The van der Waals surface area contributed by atoms with E-state index >= 15 is 0 Å². The van der Waals surface area contributed by atoms with Crippen molar-refractivity contribution in [3.63, 3.8) is 0 Å². The zero-order valence-corrected chi connectivity index (χ0v) is 10.1. The molecule has 4 nitrogen and oxygen atoms in total. The minimum absolute atomic E-state index is 0.0925. The minimum Gasteiger partial charge on any atom is -0.393 e. The third-order valence-corrected chi connectivity index (χ3v) is 2.81. The first kappa shape index (κ1) is 12.5. The molecule has 88 valence electrons. The van der Waals surface area contributed by atoms with Gasteiger partial charge in [0.2, 0.25) is 5.91 Å². The Morgan fingerprint density at radius 2 is 2.20 bits per heavy atom. The number of carbonyl (C=O) groups excluding carboxylic acids is 1. The lowest BCUT2D eigenvalue weighted by molar-refractivity contribution is -0.129. The molecule has 0 saturated carbocycles. The van der Waals surface area contributed by atoms with Gasteiger partial charge in [-0.25, -0.2) is 5.43 Å². The molecule has 0 radical (unpaired) electrons. The molecule has 1 aliphatic heterocycles. The highest BCUT2D eigenvalue weighted by Crippen LogP contribution is 2.26. The highest BCUT2D eigenvalue weighted by atomic mass is 16.3. The normalized spacial score (nSPS) is 24.7. The van der Waals surface area contributed by atoms with Gasteiger partial charge in [-0.15, -0.1) is 0 Å². The number of hydrogen-bond donors (Lipinski definition) is 2. The maximum atomic E-state index is 11.6. The van der Waals surface area contributed by atoms with Crippen molar-refractivity contribution in [1.29, 1.82) is 0 Å². The molecule has 0 spiro atoms. The number of amides is 1. The van der Waals surface area contributed by atoms with Gasteiger partial charge >= 0.3 is 0 Å². The van der Waals surface area contributed by atoms with Crippen molar-refractivity contribution in [2.24, 2.45) is 5.41 Å². The summed E-state index contributed by atoms with van der Waals surface area (Å²) in [6.45, 7) is 8.69. The van der Waals surface area contributed by atoms with E-state index in [2.05, 4.69) is 26.2 Å². The molecule has 4 heteroatoms. The van der Waals surface area contributed by atoms with Gasteiger partial charge in [-0.3, -0.25) is 9.80 Å². The molecule has 0 aromatic heterocycles. The molecule has 1 saturated heterocycles. The zero-order chi connectivity index (χ0) is 11.6. The third-order valence-electron chi connectivity index (χ3n) is 2.81. The Hall–Kier alpha value is -0.610. The summed E-state index contributed by atoms with van der Waals surface area (Å²) in [7, 11) is 0. The molecule has 1 amide bonds. The standard InChI is InChI=1S/C11H22N2O2/c1-8(14)5-6-13-10(15)7-9(12-13)11(2,3)4/h8-9,12,14H,5-7H2,1-4H3. The van der Waals surface area contributed by atoms with E-state index < -0.39 is 0 Å². The van der Waals surface area contributed by atoms with Gasteiger partial charge in [0.05, 0.1) is 6.10 Å². The van der Waals surface area contributed by atoms with E-state index in [-0.39, 0.29) is 23.5 Å². The van der Waals surface area contributed by atoms with Crippen LogP contribution in [-0.4, -0.2) is 34.7 Å². The monoisotopic (exact) mass is 214 g/mol. The molecular weight excluding hydrogens is 192 g/mol.